The Balaban J connectivity index is 1.55. The van der Waals surface area contributed by atoms with Gasteiger partial charge in [-0.05, 0) is 44.4 Å². The zero-order chi connectivity index (χ0) is 22.9. The second kappa shape index (κ2) is 8.64. The van der Waals surface area contributed by atoms with E-state index < -0.39 is 5.54 Å². The lowest BCUT2D eigenvalue weighted by molar-refractivity contribution is -0.132. The third-order valence-electron chi connectivity index (χ3n) is 6.37. The van der Waals surface area contributed by atoms with Crippen LogP contribution in [0.4, 0.5) is 0 Å². The van der Waals surface area contributed by atoms with Crippen LogP contribution in [0.1, 0.15) is 53.2 Å². The second-order valence-electron chi connectivity index (χ2n) is 8.42. The topological polar surface area (TPSA) is 96.8 Å². The van der Waals surface area contributed by atoms with E-state index in [0.717, 1.165) is 24.2 Å². The number of fused-ring (bicyclic) bond motifs is 1. The Bertz CT molecular complexity index is 1030. The quantitative estimate of drug-likeness (QED) is 0.739. The monoisotopic (exact) mass is 439 g/mol. The number of likely N-dealkylation sites (tertiary alicyclic amines) is 1. The lowest BCUT2D eigenvalue weighted by atomic mass is 9.94. The van der Waals surface area contributed by atoms with Crippen molar-refractivity contribution in [2.45, 2.75) is 45.3 Å². The summed E-state index contributed by atoms with van der Waals surface area (Å²) in [6.07, 6.45) is 3.42. The van der Waals surface area contributed by atoms with Crippen LogP contribution in [0.3, 0.4) is 0 Å². The van der Waals surface area contributed by atoms with Crippen LogP contribution in [0, 0.1) is 0 Å². The molecule has 1 fully saturated rings. The SMILES string of the molecule is CCN1C(=O)c2c(C(=O)N3CCCC3)ncn2C[C@]1(C)C(=O)NCc1ccc(OC)cc1. The summed E-state index contributed by atoms with van der Waals surface area (Å²) in [6.45, 7) is 5.86. The van der Waals surface area contributed by atoms with Crippen molar-refractivity contribution in [1.29, 1.82) is 0 Å². The van der Waals surface area contributed by atoms with Gasteiger partial charge in [-0.25, -0.2) is 4.98 Å². The first-order valence-electron chi connectivity index (χ1n) is 11.0. The number of hydrogen-bond donors (Lipinski definition) is 1. The van der Waals surface area contributed by atoms with E-state index in [2.05, 4.69) is 10.3 Å². The highest BCUT2D eigenvalue weighted by atomic mass is 16.5. The average Bonchev–Trinajstić information content (AvgIpc) is 3.48. The van der Waals surface area contributed by atoms with E-state index in [1.54, 1.807) is 23.5 Å². The van der Waals surface area contributed by atoms with Crippen LogP contribution in [0.2, 0.25) is 0 Å². The molecule has 3 heterocycles. The molecule has 2 aromatic rings. The number of benzene rings is 1. The zero-order valence-corrected chi connectivity index (χ0v) is 18.8. The fourth-order valence-electron chi connectivity index (χ4n) is 4.52. The number of imidazole rings is 1. The number of amides is 3. The molecule has 1 saturated heterocycles. The lowest BCUT2D eigenvalue weighted by Crippen LogP contribution is -2.63. The summed E-state index contributed by atoms with van der Waals surface area (Å²) < 4.78 is 6.81. The summed E-state index contributed by atoms with van der Waals surface area (Å²) in [5.74, 6) is -0.0709. The number of likely N-dealkylation sites (N-methyl/N-ethyl adjacent to an activating group) is 1. The molecule has 1 N–H and O–H groups in total. The fourth-order valence-corrected chi connectivity index (χ4v) is 4.52. The summed E-state index contributed by atoms with van der Waals surface area (Å²) >= 11 is 0. The van der Waals surface area contributed by atoms with Gasteiger partial charge >= 0.3 is 0 Å². The van der Waals surface area contributed by atoms with Crippen LogP contribution in [0.15, 0.2) is 30.6 Å². The Labute approximate surface area is 187 Å². The normalized spacial score (nSPS) is 20.3. The summed E-state index contributed by atoms with van der Waals surface area (Å²) in [5.41, 5.74) is 0.273. The van der Waals surface area contributed by atoms with Gasteiger partial charge in [-0.2, -0.15) is 0 Å². The Hall–Kier alpha value is -3.36. The molecule has 170 valence electrons. The van der Waals surface area contributed by atoms with Crippen molar-refractivity contribution in [3.63, 3.8) is 0 Å². The van der Waals surface area contributed by atoms with Gasteiger partial charge in [0.2, 0.25) is 5.91 Å². The molecular formula is C23H29N5O4. The molecule has 3 amide bonds. The maximum atomic E-state index is 13.4. The van der Waals surface area contributed by atoms with Crippen molar-refractivity contribution in [3.8, 4) is 5.75 Å². The highest BCUT2D eigenvalue weighted by Gasteiger charge is 2.48. The predicted octanol–water partition coefficient (Wildman–Crippen LogP) is 1.68. The van der Waals surface area contributed by atoms with Gasteiger partial charge < -0.3 is 24.4 Å². The Morgan fingerprint density at radius 1 is 1.19 bits per heavy atom. The highest BCUT2D eigenvalue weighted by Crippen LogP contribution is 2.29. The van der Waals surface area contributed by atoms with Gasteiger partial charge in [0.05, 0.1) is 20.0 Å². The summed E-state index contributed by atoms with van der Waals surface area (Å²) in [6, 6.07) is 7.44. The highest BCUT2D eigenvalue weighted by molar-refractivity contribution is 6.07. The van der Waals surface area contributed by atoms with Crippen LogP contribution in [0.25, 0.3) is 0 Å². The minimum atomic E-state index is -1.10. The number of carbonyl (C=O) groups excluding carboxylic acids is 3. The van der Waals surface area contributed by atoms with Gasteiger partial charge in [0, 0.05) is 26.2 Å². The Morgan fingerprint density at radius 2 is 1.88 bits per heavy atom. The minimum Gasteiger partial charge on any atom is -0.497 e. The van der Waals surface area contributed by atoms with E-state index in [1.165, 1.54) is 11.2 Å². The molecule has 9 heteroatoms. The number of nitrogens with zero attached hydrogens (tertiary/aromatic N) is 4. The van der Waals surface area contributed by atoms with Gasteiger partial charge in [-0.1, -0.05) is 12.1 Å². The molecule has 1 aromatic carbocycles. The van der Waals surface area contributed by atoms with E-state index in [0.29, 0.717) is 26.2 Å². The smallest absolute Gasteiger partial charge is 0.274 e. The maximum Gasteiger partial charge on any atom is 0.274 e. The van der Waals surface area contributed by atoms with Crippen LogP contribution in [-0.4, -0.2) is 69.4 Å². The lowest BCUT2D eigenvalue weighted by Gasteiger charge is -2.43. The molecular weight excluding hydrogens is 410 g/mol. The first-order valence-corrected chi connectivity index (χ1v) is 11.0. The third-order valence-corrected chi connectivity index (χ3v) is 6.37. The Kier molecular flexibility index (Phi) is 5.90. The maximum absolute atomic E-state index is 13.4. The van der Waals surface area contributed by atoms with Crippen LogP contribution < -0.4 is 10.1 Å². The first-order chi connectivity index (χ1) is 15.4. The molecule has 9 nitrogen and oxygen atoms in total. The van der Waals surface area contributed by atoms with Gasteiger partial charge in [-0.15, -0.1) is 0 Å². The van der Waals surface area contributed by atoms with Gasteiger partial charge in [0.1, 0.15) is 17.0 Å². The Morgan fingerprint density at radius 3 is 2.50 bits per heavy atom. The van der Waals surface area contributed by atoms with Crippen molar-refractivity contribution in [2.24, 2.45) is 0 Å². The standard InChI is InChI=1S/C23H29N5O4/c1-4-28-21(30)19-18(20(29)26-11-5-6-12-26)25-15-27(19)14-23(28,2)22(31)24-13-16-7-9-17(32-3)10-8-16/h7-10,15H,4-6,11-14H2,1-3H3,(H,24,31)/t23-/m1/s1. The number of ether oxygens (including phenoxy) is 1. The van der Waals surface area contributed by atoms with Gasteiger partial charge in [-0.3, -0.25) is 14.4 Å². The van der Waals surface area contributed by atoms with Crippen molar-refractivity contribution >= 4 is 17.7 Å². The molecule has 2 aliphatic rings. The van der Waals surface area contributed by atoms with E-state index in [-0.39, 0.29) is 35.7 Å². The molecule has 0 aliphatic carbocycles. The van der Waals surface area contributed by atoms with E-state index >= 15 is 0 Å². The van der Waals surface area contributed by atoms with Crippen molar-refractivity contribution < 1.29 is 19.1 Å². The van der Waals surface area contributed by atoms with Crippen molar-refractivity contribution in [1.82, 2.24) is 24.7 Å². The van der Waals surface area contributed by atoms with Gasteiger partial charge in [0.15, 0.2) is 5.69 Å². The largest absolute Gasteiger partial charge is 0.497 e. The minimum absolute atomic E-state index is 0.177. The number of aromatic nitrogens is 2. The molecule has 0 spiro atoms. The fraction of sp³-hybridized carbons (Fsp3) is 0.478. The molecule has 0 radical (unpaired) electrons. The van der Waals surface area contributed by atoms with Crippen molar-refractivity contribution in [3.05, 3.63) is 47.5 Å². The van der Waals surface area contributed by atoms with Crippen LogP contribution in [-0.2, 0) is 17.9 Å². The molecule has 32 heavy (non-hydrogen) atoms. The molecule has 0 bridgehead atoms. The average molecular weight is 440 g/mol. The predicted molar refractivity (Wildman–Crippen MR) is 117 cm³/mol. The number of nitrogens with one attached hydrogen (secondary N) is 1. The number of rotatable bonds is 6. The van der Waals surface area contributed by atoms with Gasteiger partial charge in [0.25, 0.3) is 11.8 Å². The first kappa shape index (κ1) is 21.9. The van der Waals surface area contributed by atoms with E-state index in [9.17, 15) is 14.4 Å². The summed E-state index contributed by atoms with van der Waals surface area (Å²) in [4.78, 5) is 47.1. The van der Waals surface area contributed by atoms with Crippen LogP contribution >= 0.6 is 0 Å². The van der Waals surface area contributed by atoms with Crippen molar-refractivity contribution in [2.75, 3.05) is 26.7 Å². The second-order valence-corrected chi connectivity index (χ2v) is 8.42. The molecule has 1 atom stereocenters. The molecule has 0 saturated carbocycles. The molecule has 4 rings (SSSR count). The number of carbonyl (C=O) groups is 3. The summed E-state index contributed by atoms with van der Waals surface area (Å²) in [7, 11) is 1.60. The van der Waals surface area contributed by atoms with Crippen LogP contribution in [0.5, 0.6) is 5.75 Å². The molecule has 2 aliphatic heterocycles. The van der Waals surface area contributed by atoms with E-state index in [4.69, 9.17) is 4.74 Å². The molecule has 0 unspecified atom stereocenters. The number of hydrogen-bond acceptors (Lipinski definition) is 5. The third kappa shape index (κ3) is 3.72. The molecule has 1 aromatic heterocycles. The van der Waals surface area contributed by atoms with E-state index in [1.807, 2.05) is 31.2 Å². The summed E-state index contributed by atoms with van der Waals surface area (Å²) in [5, 5.41) is 2.95. The zero-order valence-electron chi connectivity index (χ0n) is 18.8. The number of methoxy groups -OCH3 is 1.